The van der Waals surface area contributed by atoms with Gasteiger partial charge in [0, 0.05) is 12.0 Å². The molecule has 26 heavy (non-hydrogen) atoms. The molecule has 1 N–H and O–H groups in total. The average molecular weight is 372 g/mol. The molecule has 0 saturated carbocycles. The van der Waals surface area contributed by atoms with Crippen LogP contribution in [-0.4, -0.2) is 27.2 Å². The number of fused-ring (bicyclic) bond motifs is 1. The third kappa shape index (κ3) is 3.77. The maximum Gasteiger partial charge on any atom is 0.309 e. The van der Waals surface area contributed by atoms with Crippen molar-refractivity contribution in [2.24, 2.45) is 11.0 Å². The number of benzene rings is 2. The molecule has 3 rings (SSSR count). The van der Waals surface area contributed by atoms with E-state index >= 15 is 0 Å². The number of hydrazone groups is 1. The van der Waals surface area contributed by atoms with Crippen molar-refractivity contribution in [3.05, 3.63) is 65.2 Å². The van der Waals surface area contributed by atoms with Crippen molar-refractivity contribution in [3.8, 4) is 0 Å². The molecule has 0 aliphatic heterocycles. The van der Waals surface area contributed by atoms with Crippen LogP contribution in [0.3, 0.4) is 0 Å². The Morgan fingerprint density at radius 1 is 1.12 bits per heavy atom. The predicted molar refractivity (Wildman–Crippen MR) is 98.3 cm³/mol. The first-order chi connectivity index (χ1) is 12.4. The number of aryl methyl sites for hydroxylation is 1. The fourth-order valence-corrected chi connectivity index (χ4v) is 3.82. The standard InChI is InChI=1S/C19H20N2O4S/c1-13-7-9-16(10-8-13)26(23,24)21-20-18-12-15(19(22)25-2)11-14-5-3-4-6-17(14)18/h3-10,15,21H,11-12H2,1-2H3/t15-/m1/s1. The maximum atomic E-state index is 12.5. The summed E-state index contributed by atoms with van der Waals surface area (Å²) in [5, 5.41) is 4.13. The number of rotatable bonds is 4. The molecule has 136 valence electrons. The second-order valence-corrected chi connectivity index (χ2v) is 7.91. The molecule has 0 amide bonds. The first-order valence-corrected chi connectivity index (χ1v) is 9.70. The van der Waals surface area contributed by atoms with Gasteiger partial charge in [0.05, 0.1) is 23.6 Å². The predicted octanol–water partition coefficient (Wildman–Crippen LogP) is 2.41. The van der Waals surface area contributed by atoms with E-state index in [1.165, 1.54) is 19.2 Å². The summed E-state index contributed by atoms with van der Waals surface area (Å²) in [4.78, 5) is 14.4. The topological polar surface area (TPSA) is 84.8 Å². The SMILES string of the molecule is COC(=O)[C@H]1CC(=NNS(=O)(=O)c2ccc(C)cc2)c2ccccc2C1. The number of nitrogens with zero attached hydrogens (tertiary/aromatic N) is 1. The molecule has 1 aliphatic rings. The van der Waals surface area contributed by atoms with Crippen molar-refractivity contribution in [2.75, 3.05) is 7.11 Å². The summed E-state index contributed by atoms with van der Waals surface area (Å²) in [5.74, 6) is -0.703. The van der Waals surface area contributed by atoms with E-state index in [2.05, 4.69) is 9.93 Å². The van der Waals surface area contributed by atoms with Crippen LogP contribution in [0.25, 0.3) is 0 Å². The van der Waals surface area contributed by atoms with Crippen molar-refractivity contribution in [1.82, 2.24) is 4.83 Å². The molecule has 0 unspecified atom stereocenters. The minimum absolute atomic E-state index is 0.140. The van der Waals surface area contributed by atoms with E-state index in [-0.39, 0.29) is 16.8 Å². The van der Waals surface area contributed by atoms with E-state index in [0.29, 0.717) is 18.6 Å². The van der Waals surface area contributed by atoms with Gasteiger partial charge in [0.2, 0.25) is 0 Å². The van der Waals surface area contributed by atoms with Crippen molar-refractivity contribution in [1.29, 1.82) is 0 Å². The number of sulfonamides is 1. The van der Waals surface area contributed by atoms with Crippen molar-refractivity contribution < 1.29 is 17.9 Å². The molecule has 1 atom stereocenters. The molecule has 2 aromatic rings. The highest BCUT2D eigenvalue weighted by Crippen LogP contribution is 2.27. The highest BCUT2D eigenvalue weighted by Gasteiger charge is 2.29. The maximum absolute atomic E-state index is 12.5. The quantitative estimate of drug-likeness (QED) is 0.660. The number of hydrogen-bond acceptors (Lipinski definition) is 5. The van der Waals surface area contributed by atoms with E-state index in [9.17, 15) is 13.2 Å². The molecule has 0 bridgehead atoms. The second kappa shape index (κ2) is 7.29. The number of carbonyl (C=O) groups is 1. The largest absolute Gasteiger partial charge is 0.469 e. The smallest absolute Gasteiger partial charge is 0.309 e. The molecule has 0 aromatic heterocycles. The normalized spacial score (nSPS) is 18.2. The van der Waals surface area contributed by atoms with Gasteiger partial charge >= 0.3 is 5.97 Å². The number of carbonyl (C=O) groups excluding carboxylic acids is 1. The number of methoxy groups -OCH3 is 1. The van der Waals surface area contributed by atoms with Gasteiger partial charge in [-0.2, -0.15) is 18.4 Å². The summed E-state index contributed by atoms with van der Waals surface area (Å²) in [6.45, 7) is 1.88. The van der Waals surface area contributed by atoms with Crippen molar-refractivity contribution >= 4 is 21.7 Å². The minimum atomic E-state index is -3.78. The lowest BCUT2D eigenvalue weighted by Gasteiger charge is -2.24. The summed E-state index contributed by atoms with van der Waals surface area (Å²) in [6.07, 6.45) is 0.868. The zero-order valence-corrected chi connectivity index (χ0v) is 15.4. The fourth-order valence-electron chi connectivity index (χ4n) is 2.99. The van der Waals surface area contributed by atoms with Gasteiger partial charge in [0.15, 0.2) is 0 Å². The van der Waals surface area contributed by atoms with Crippen LogP contribution in [0.15, 0.2) is 58.5 Å². The average Bonchev–Trinajstić information content (AvgIpc) is 2.65. The van der Waals surface area contributed by atoms with Crippen LogP contribution in [-0.2, 0) is 26.0 Å². The number of hydrogen-bond donors (Lipinski definition) is 1. The Bertz CT molecular complexity index is 950. The second-order valence-electron chi connectivity index (χ2n) is 6.25. The van der Waals surface area contributed by atoms with Crippen LogP contribution in [0, 0.1) is 12.8 Å². The Balaban J connectivity index is 1.91. The zero-order valence-electron chi connectivity index (χ0n) is 14.6. The monoisotopic (exact) mass is 372 g/mol. The number of ether oxygens (including phenoxy) is 1. The highest BCUT2D eigenvalue weighted by atomic mass is 32.2. The van der Waals surface area contributed by atoms with Crippen LogP contribution in [0.1, 0.15) is 23.1 Å². The minimum Gasteiger partial charge on any atom is -0.469 e. The first kappa shape index (κ1) is 18.1. The van der Waals surface area contributed by atoms with Crippen molar-refractivity contribution in [3.63, 3.8) is 0 Å². The molecule has 0 heterocycles. The van der Waals surface area contributed by atoms with E-state index in [1.807, 2.05) is 31.2 Å². The summed E-state index contributed by atoms with van der Waals surface area (Å²) < 4.78 is 29.8. The Kier molecular flexibility index (Phi) is 5.08. The lowest BCUT2D eigenvalue weighted by molar-refractivity contribution is -0.145. The number of nitrogens with one attached hydrogen (secondary N) is 1. The van der Waals surface area contributed by atoms with E-state index < -0.39 is 10.0 Å². The molecule has 0 fully saturated rings. The van der Waals surface area contributed by atoms with Gasteiger partial charge in [0.1, 0.15) is 0 Å². The highest BCUT2D eigenvalue weighted by molar-refractivity contribution is 7.89. The number of esters is 1. The van der Waals surface area contributed by atoms with Gasteiger partial charge in [-0.15, -0.1) is 0 Å². The van der Waals surface area contributed by atoms with Gasteiger partial charge in [-0.05, 0) is 31.0 Å². The van der Waals surface area contributed by atoms with E-state index in [1.54, 1.807) is 12.1 Å². The molecule has 0 spiro atoms. The van der Waals surface area contributed by atoms with E-state index in [0.717, 1.165) is 16.7 Å². The van der Waals surface area contributed by atoms with Crippen molar-refractivity contribution in [2.45, 2.75) is 24.7 Å². The molecule has 0 saturated heterocycles. The Morgan fingerprint density at radius 2 is 1.81 bits per heavy atom. The summed E-state index contributed by atoms with van der Waals surface area (Å²) in [5.41, 5.74) is 3.29. The van der Waals surface area contributed by atoms with E-state index in [4.69, 9.17) is 4.74 Å². The van der Waals surface area contributed by atoms with Crippen LogP contribution in [0.4, 0.5) is 0 Å². The summed E-state index contributed by atoms with van der Waals surface area (Å²) in [7, 11) is -2.43. The molecule has 1 aliphatic carbocycles. The van der Waals surface area contributed by atoms with Gasteiger partial charge in [-0.1, -0.05) is 42.0 Å². The third-order valence-electron chi connectivity index (χ3n) is 4.40. The molecular weight excluding hydrogens is 352 g/mol. The summed E-state index contributed by atoms with van der Waals surface area (Å²) in [6, 6.07) is 14.0. The lowest BCUT2D eigenvalue weighted by atomic mass is 9.82. The molecular formula is C19H20N2O4S. The Labute approximate surface area is 152 Å². The Morgan fingerprint density at radius 3 is 2.50 bits per heavy atom. The van der Waals surface area contributed by atoms with Crippen LogP contribution >= 0.6 is 0 Å². The molecule has 2 aromatic carbocycles. The van der Waals surface area contributed by atoms with Gasteiger partial charge in [-0.3, -0.25) is 4.79 Å². The lowest BCUT2D eigenvalue weighted by Crippen LogP contribution is -2.30. The Hall–Kier alpha value is -2.67. The molecule has 6 nitrogen and oxygen atoms in total. The molecule has 0 radical (unpaired) electrons. The van der Waals surface area contributed by atoms with Crippen LogP contribution in [0.2, 0.25) is 0 Å². The summed E-state index contributed by atoms with van der Waals surface area (Å²) >= 11 is 0. The first-order valence-electron chi connectivity index (χ1n) is 8.22. The molecule has 7 heteroatoms. The zero-order chi connectivity index (χ0) is 18.7. The van der Waals surface area contributed by atoms with Gasteiger partial charge in [0.25, 0.3) is 10.0 Å². The van der Waals surface area contributed by atoms with Crippen LogP contribution < -0.4 is 4.83 Å². The van der Waals surface area contributed by atoms with Gasteiger partial charge < -0.3 is 4.74 Å². The van der Waals surface area contributed by atoms with Crippen LogP contribution in [0.5, 0.6) is 0 Å². The fraction of sp³-hybridized carbons (Fsp3) is 0.263. The van der Waals surface area contributed by atoms with Gasteiger partial charge in [-0.25, -0.2) is 0 Å². The third-order valence-corrected chi connectivity index (χ3v) is 5.63.